The first-order chi connectivity index (χ1) is 39.0. The molecule has 3 rings (SSSR count). The molecule has 0 spiro atoms. The van der Waals surface area contributed by atoms with Crippen LogP contribution in [0, 0.1) is 33.5 Å². The van der Waals surface area contributed by atoms with E-state index in [-0.39, 0.29) is 59.7 Å². The van der Waals surface area contributed by atoms with Gasteiger partial charge in [-0.05, 0) is 87.9 Å². The number of hydrogen-bond acceptors (Lipinski definition) is 14. The Morgan fingerprint density at radius 2 is 1.17 bits per heavy atom. The lowest BCUT2D eigenvalue weighted by molar-refractivity contribution is -0.144. The maximum Gasteiger partial charge on any atom is 0.407 e. The zero-order valence-corrected chi connectivity index (χ0v) is 57.9. The summed E-state index contributed by atoms with van der Waals surface area (Å²) in [6.07, 6.45) is 7.10. The van der Waals surface area contributed by atoms with E-state index in [9.17, 15) is 50.4 Å². The largest absolute Gasteiger partial charge is 0.444 e. The number of alkyl carbamates (subject to hydrolysis) is 2. The van der Waals surface area contributed by atoms with Crippen LogP contribution in [0.25, 0.3) is 0 Å². The second-order valence-corrected chi connectivity index (χ2v) is 33.2. The topological polar surface area (TPSA) is 329 Å². The molecule has 0 radical (unpaired) electrons. The second-order valence-electron chi connectivity index (χ2n) is 29.0. The van der Waals surface area contributed by atoms with Gasteiger partial charge in [0.05, 0.1) is 12.1 Å². The lowest BCUT2D eigenvalue weighted by atomic mass is 9.86. The second kappa shape index (κ2) is 32.7. The summed E-state index contributed by atoms with van der Waals surface area (Å²) in [5.74, 6) is -2.42. The number of nitrogens with zero attached hydrogens (tertiary/aromatic N) is 4. The van der Waals surface area contributed by atoms with Gasteiger partial charge in [0, 0.05) is 80.0 Å². The molecule has 2 aliphatic heterocycles. The minimum absolute atomic E-state index is 0.00829. The molecule has 2 saturated heterocycles. The number of amides is 7. The molecule has 86 heavy (non-hydrogen) atoms. The van der Waals surface area contributed by atoms with E-state index in [0.29, 0.717) is 38.8 Å². The molecule has 9 N–H and O–H groups in total. The number of rotatable bonds is 17. The summed E-state index contributed by atoms with van der Waals surface area (Å²) in [6.45, 7) is 37.0. The summed E-state index contributed by atoms with van der Waals surface area (Å²) >= 11 is 0. The molecule has 27 heteroatoms. The van der Waals surface area contributed by atoms with Crippen molar-refractivity contribution in [2.75, 3.05) is 68.0 Å². The number of ether oxygens (including phenoxy) is 2. The third-order valence-corrected chi connectivity index (χ3v) is 18.8. The van der Waals surface area contributed by atoms with E-state index in [0.717, 1.165) is 40.7 Å². The molecular formula is C59H114N12O13S2. The van der Waals surface area contributed by atoms with Crippen LogP contribution in [0.2, 0.25) is 0 Å². The van der Waals surface area contributed by atoms with Gasteiger partial charge in [-0.1, -0.05) is 127 Å². The quantitative estimate of drug-likeness (QED) is 0.0670. The molecule has 0 aromatic heterocycles. The summed E-state index contributed by atoms with van der Waals surface area (Å²) in [6, 6.07) is -4.49. The first kappa shape index (κ1) is 79.3. The fourth-order valence-electron chi connectivity index (χ4n) is 9.73. The van der Waals surface area contributed by atoms with Crippen LogP contribution in [-0.2, 0) is 49.1 Å². The van der Waals surface area contributed by atoms with Crippen LogP contribution in [-0.4, -0.2) is 192 Å². The SMILES string of the molecule is C=CCNC(=O)C(=O)[C@@H]1CCCCCCCCC[C@H](NC(=O)N[C@H](CN(C)S(=O)(=O)N(C)C)C(C)(C)C)C(=O)N2C[C@H]3[C@@H]([C@H]2C(=O)N1)C3(C)C.CC(C)(C)OC(=O)N[C@H](CN)C(C)(C)C.CN(C)S(=O)(=O)NC[C@@H](NC(=O)OC(C)(C)C)C(C)(C)C. The molecule has 0 aromatic rings. The normalized spacial score (nSPS) is 21.9. The van der Waals surface area contributed by atoms with Gasteiger partial charge in [-0.15, -0.1) is 6.58 Å². The predicted molar refractivity (Wildman–Crippen MR) is 337 cm³/mol. The van der Waals surface area contributed by atoms with Crippen molar-refractivity contribution >= 4 is 62.1 Å². The number of carbonyl (C=O) groups is 7. The van der Waals surface area contributed by atoms with Crippen molar-refractivity contribution in [3.63, 3.8) is 0 Å². The van der Waals surface area contributed by atoms with Crippen molar-refractivity contribution in [3.8, 4) is 0 Å². The molecule has 0 aromatic carbocycles. The Morgan fingerprint density at radius 1 is 0.709 bits per heavy atom. The zero-order valence-electron chi connectivity index (χ0n) is 56.3. The molecule has 3 aliphatic rings. The number of ketones is 1. The van der Waals surface area contributed by atoms with Crippen molar-refractivity contribution in [2.24, 2.45) is 39.2 Å². The van der Waals surface area contributed by atoms with E-state index in [4.69, 9.17) is 15.2 Å². The number of carbonyl (C=O) groups excluding carboxylic acids is 7. The number of likely N-dealkylation sites (N-methyl/N-ethyl adjacent to an activating group) is 1. The summed E-state index contributed by atoms with van der Waals surface area (Å²) in [5.41, 5.74) is 3.41. The molecule has 25 nitrogen and oxygen atoms in total. The van der Waals surface area contributed by atoms with Crippen LogP contribution in [0.3, 0.4) is 0 Å². The third kappa shape index (κ3) is 26.6. The van der Waals surface area contributed by atoms with Gasteiger partial charge in [-0.2, -0.15) is 29.8 Å². The van der Waals surface area contributed by atoms with Gasteiger partial charge >= 0.3 is 18.2 Å². The summed E-state index contributed by atoms with van der Waals surface area (Å²) < 4.78 is 65.2. The fourth-order valence-corrected chi connectivity index (χ4v) is 11.3. The van der Waals surface area contributed by atoms with Crippen molar-refractivity contribution < 1.29 is 59.9 Å². The maximum atomic E-state index is 14.4. The molecule has 7 amide bonds. The number of fused-ring (bicyclic) bond motifs is 3. The van der Waals surface area contributed by atoms with E-state index in [2.05, 4.69) is 57.0 Å². The van der Waals surface area contributed by atoms with Gasteiger partial charge in [0.2, 0.25) is 17.6 Å². The summed E-state index contributed by atoms with van der Waals surface area (Å²) in [4.78, 5) is 92.8. The standard InChI is InChI=1S/C35H61N7O7S.C13H29N3O4S.C11H24N2O2/c1-10-20-36-31(45)29(43)24-18-16-14-12-11-13-15-17-19-25(32(46)42-21-23-27(35(23,5)6)28(42)30(44)37-24)38-33(47)39-26(34(2,3)4)22-41(9)50(48,49)40(7)8;1-12(2,3)10(9-14-21(18,19)16(7)8)15-11(17)20-13(4,5)6;1-10(2,3)8(7-12)13-9(14)15-11(4,5)6/h10,23-28H,1,11-22H2,2-9H3,(H,36,45)(H,37,44)(H2,38,39,47);10,14H,9H2,1-8H3,(H,15,17);8H,7,12H2,1-6H3,(H,13,14)/t23-,24-,25-,26+,27-,28-;10-;8-/m011/s1. The lowest BCUT2D eigenvalue weighted by Gasteiger charge is -2.36. The van der Waals surface area contributed by atoms with E-state index >= 15 is 0 Å². The Bertz CT molecular complexity index is 2490. The minimum Gasteiger partial charge on any atom is -0.444 e. The fraction of sp³-hybridized carbons (Fsp3) is 0.847. The van der Waals surface area contributed by atoms with E-state index in [1.54, 1.807) is 25.7 Å². The molecular weight excluding hydrogens is 1150 g/mol. The van der Waals surface area contributed by atoms with Crippen molar-refractivity contribution in [3.05, 3.63) is 12.7 Å². The van der Waals surface area contributed by atoms with E-state index in [1.807, 2.05) is 83.1 Å². The van der Waals surface area contributed by atoms with Crippen LogP contribution in [0.1, 0.15) is 175 Å². The predicted octanol–water partition coefficient (Wildman–Crippen LogP) is 5.38. The third-order valence-electron chi connectivity index (χ3n) is 15.4. The Kier molecular flexibility index (Phi) is 30.2. The van der Waals surface area contributed by atoms with E-state index in [1.165, 1.54) is 45.6 Å². The van der Waals surface area contributed by atoms with Gasteiger partial charge in [-0.3, -0.25) is 19.2 Å². The van der Waals surface area contributed by atoms with Crippen LogP contribution in [0.4, 0.5) is 14.4 Å². The molecule has 500 valence electrons. The smallest absolute Gasteiger partial charge is 0.407 e. The number of hydrogen-bond donors (Lipinski definition) is 8. The van der Waals surface area contributed by atoms with Crippen LogP contribution in [0.15, 0.2) is 12.7 Å². The zero-order chi connectivity index (χ0) is 66.9. The molecule has 1 aliphatic carbocycles. The van der Waals surface area contributed by atoms with Crippen molar-refractivity contribution in [1.82, 2.24) is 54.4 Å². The van der Waals surface area contributed by atoms with Gasteiger partial charge in [0.1, 0.15) is 23.3 Å². The van der Waals surface area contributed by atoms with Crippen LogP contribution < -0.4 is 42.4 Å². The van der Waals surface area contributed by atoms with Crippen molar-refractivity contribution in [1.29, 1.82) is 0 Å². The maximum absolute atomic E-state index is 14.4. The number of nitrogens with one attached hydrogen (secondary N) is 7. The highest BCUT2D eigenvalue weighted by atomic mass is 32.2. The Morgan fingerprint density at radius 3 is 1.60 bits per heavy atom. The first-order valence-electron chi connectivity index (χ1n) is 30.1. The number of Topliss-reactive ketones (excluding diaryl/α,β-unsaturated/α-hetero) is 1. The summed E-state index contributed by atoms with van der Waals surface area (Å²) in [5, 5.41) is 16.7. The molecule has 0 bridgehead atoms. The van der Waals surface area contributed by atoms with Gasteiger partial charge in [0.15, 0.2) is 0 Å². The molecule has 2 heterocycles. The first-order valence-corrected chi connectivity index (χ1v) is 32.9. The summed E-state index contributed by atoms with van der Waals surface area (Å²) in [7, 11) is -0.0489. The van der Waals surface area contributed by atoms with Gasteiger partial charge < -0.3 is 52.0 Å². The highest BCUT2D eigenvalue weighted by Crippen LogP contribution is 2.65. The Hall–Kier alpha value is -4.67. The van der Waals surface area contributed by atoms with Crippen molar-refractivity contribution in [2.45, 2.75) is 223 Å². The minimum atomic E-state index is -3.73. The lowest BCUT2D eigenvalue weighted by Crippen LogP contribution is -2.60. The Balaban J connectivity index is 0.000000838. The average Bonchev–Trinajstić information content (AvgIpc) is 1.53. The number of nitrogens with two attached hydrogens (primary N) is 1. The Labute approximate surface area is 517 Å². The molecule has 8 atom stereocenters. The van der Waals surface area contributed by atoms with E-state index < -0.39 is 103 Å². The number of piperidine rings is 1. The highest BCUT2D eigenvalue weighted by molar-refractivity contribution is 7.87. The monoisotopic (exact) mass is 1260 g/mol. The van der Waals surface area contributed by atoms with Crippen LogP contribution in [0.5, 0.6) is 0 Å². The average molecular weight is 1260 g/mol. The van der Waals surface area contributed by atoms with Gasteiger partial charge in [-0.25, -0.2) is 19.1 Å². The van der Waals surface area contributed by atoms with Gasteiger partial charge in [0.25, 0.3) is 26.3 Å². The molecule has 0 unspecified atom stereocenters. The highest BCUT2D eigenvalue weighted by Gasteiger charge is 2.69. The molecule has 1 saturated carbocycles. The van der Waals surface area contributed by atoms with Crippen LogP contribution >= 0.6 is 0 Å². The molecule has 3 fully saturated rings. The number of urea groups is 1.